The molecule has 0 heterocycles. The summed E-state index contributed by atoms with van der Waals surface area (Å²) in [5.74, 6) is 0.935. The molecule has 0 saturated carbocycles. The summed E-state index contributed by atoms with van der Waals surface area (Å²) >= 11 is 3.31. The lowest BCUT2D eigenvalue weighted by Gasteiger charge is -2.07. The predicted molar refractivity (Wildman–Crippen MR) is 68.0 cm³/mol. The molecule has 1 aromatic rings. The van der Waals surface area contributed by atoms with Crippen LogP contribution in [0.25, 0.3) is 0 Å². The van der Waals surface area contributed by atoms with Crippen molar-refractivity contribution in [2.24, 2.45) is 0 Å². The van der Waals surface area contributed by atoms with Crippen molar-refractivity contribution in [3.63, 3.8) is 0 Å². The Hall–Kier alpha value is -1.79. The fourth-order valence-electron chi connectivity index (χ4n) is 1.02. The largest absolute Gasteiger partial charge is 0.457 e. The molecule has 0 aliphatic heterocycles. The van der Waals surface area contributed by atoms with Crippen LogP contribution < -0.4 is 4.74 Å². The van der Waals surface area contributed by atoms with Crippen molar-refractivity contribution in [2.45, 2.75) is 0 Å². The molecule has 0 amide bonds. The Morgan fingerprint density at radius 2 is 2.25 bits per heavy atom. The van der Waals surface area contributed by atoms with Gasteiger partial charge in [0.25, 0.3) is 0 Å². The molecule has 0 unspecified atom stereocenters. The van der Waals surface area contributed by atoms with E-state index in [1.54, 1.807) is 36.4 Å². The monoisotopic (exact) mass is 275 g/mol. The molecule has 0 N–H and O–H groups in total. The number of allylic oxidation sites excluding steroid dienone is 3. The van der Waals surface area contributed by atoms with E-state index in [0.717, 1.165) is 4.47 Å². The molecule has 0 saturated heterocycles. The second-order valence-electron chi connectivity index (χ2n) is 2.92. The van der Waals surface area contributed by atoms with E-state index in [4.69, 9.17) is 10.00 Å². The summed E-state index contributed by atoms with van der Waals surface area (Å²) in [6, 6.07) is 7.25. The van der Waals surface area contributed by atoms with E-state index in [9.17, 15) is 0 Å². The highest BCUT2D eigenvalue weighted by atomic mass is 79.9. The zero-order valence-electron chi connectivity index (χ0n) is 8.61. The first kappa shape index (κ1) is 12.3. The Bertz CT molecular complexity index is 483. The van der Waals surface area contributed by atoms with E-state index in [1.807, 2.05) is 0 Å². The normalized spacial score (nSPS) is 9.75. The first-order valence-corrected chi connectivity index (χ1v) is 5.32. The van der Waals surface area contributed by atoms with Crippen LogP contribution in [-0.2, 0) is 0 Å². The Labute approximate surface area is 103 Å². The van der Waals surface area contributed by atoms with E-state index in [0.29, 0.717) is 17.1 Å². The Balaban J connectivity index is 2.92. The van der Waals surface area contributed by atoms with Gasteiger partial charge in [-0.2, -0.15) is 5.26 Å². The van der Waals surface area contributed by atoms with Crippen molar-refractivity contribution >= 4 is 15.9 Å². The number of benzene rings is 1. The van der Waals surface area contributed by atoms with Crippen molar-refractivity contribution in [3.8, 4) is 11.8 Å². The average molecular weight is 276 g/mol. The van der Waals surface area contributed by atoms with Gasteiger partial charge in [0.05, 0.1) is 5.56 Å². The summed E-state index contributed by atoms with van der Waals surface area (Å²) in [5.41, 5.74) is 0.469. The van der Waals surface area contributed by atoms with E-state index >= 15 is 0 Å². The summed E-state index contributed by atoms with van der Waals surface area (Å²) < 4.78 is 6.29. The molecule has 0 aromatic heterocycles. The van der Waals surface area contributed by atoms with Gasteiger partial charge >= 0.3 is 0 Å². The van der Waals surface area contributed by atoms with Crippen LogP contribution in [0.15, 0.2) is 59.8 Å². The minimum Gasteiger partial charge on any atom is -0.457 e. The van der Waals surface area contributed by atoms with E-state index < -0.39 is 0 Å². The zero-order valence-corrected chi connectivity index (χ0v) is 10.2. The highest BCUT2D eigenvalue weighted by Crippen LogP contribution is 2.24. The lowest BCUT2D eigenvalue weighted by molar-refractivity contribution is 0.445. The van der Waals surface area contributed by atoms with Gasteiger partial charge in [-0.25, -0.2) is 0 Å². The second-order valence-corrected chi connectivity index (χ2v) is 3.83. The molecule has 0 aliphatic rings. The maximum atomic E-state index is 8.89. The molecule has 0 aliphatic carbocycles. The van der Waals surface area contributed by atoms with Gasteiger partial charge in [-0.1, -0.05) is 41.2 Å². The van der Waals surface area contributed by atoms with Crippen molar-refractivity contribution < 1.29 is 4.74 Å². The smallest absolute Gasteiger partial charge is 0.146 e. The molecular weight excluding hydrogens is 266 g/mol. The maximum absolute atomic E-state index is 8.89. The highest BCUT2D eigenvalue weighted by molar-refractivity contribution is 9.10. The number of rotatable bonds is 4. The SMILES string of the molecule is C=C/C=C\C(=C)Oc1cc(Br)ccc1C#N. The fourth-order valence-corrected chi connectivity index (χ4v) is 1.36. The molecule has 0 fully saturated rings. The van der Waals surface area contributed by atoms with Crippen molar-refractivity contribution in [1.82, 2.24) is 0 Å². The van der Waals surface area contributed by atoms with Crippen molar-refractivity contribution in [1.29, 1.82) is 5.26 Å². The van der Waals surface area contributed by atoms with E-state index in [1.165, 1.54) is 0 Å². The number of halogens is 1. The Morgan fingerprint density at radius 1 is 1.50 bits per heavy atom. The van der Waals surface area contributed by atoms with Crippen LogP contribution in [0, 0.1) is 11.3 Å². The third kappa shape index (κ3) is 3.41. The lowest BCUT2D eigenvalue weighted by Crippen LogP contribution is -1.93. The molecule has 80 valence electrons. The molecule has 1 rings (SSSR count). The van der Waals surface area contributed by atoms with Crippen LogP contribution in [0.5, 0.6) is 5.75 Å². The molecule has 0 spiro atoms. The standard InChI is InChI=1S/C13H10BrNO/c1-3-4-5-10(2)16-13-8-12(14)7-6-11(13)9-15/h3-8H,1-2H2/b5-4-. The number of hydrogen-bond donors (Lipinski definition) is 0. The second kappa shape index (κ2) is 5.94. The van der Waals surface area contributed by atoms with Gasteiger partial charge < -0.3 is 4.74 Å². The molecule has 1 aromatic carbocycles. The quantitative estimate of drug-likeness (QED) is 0.616. The predicted octanol–water partition coefficient (Wildman–Crippen LogP) is 3.96. The number of hydrogen-bond acceptors (Lipinski definition) is 2. The van der Waals surface area contributed by atoms with Crippen LogP contribution in [0.1, 0.15) is 5.56 Å². The van der Waals surface area contributed by atoms with Crippen LogP contribution in [0.4, 0.5) is 0 Å². The van der Waals surface area contributed by atoms with Gasteiger partial charge in [-0.15, -0.1) is 0 Å². The van der Waals surface area contributed by atoms with Gasteiger partial charge in [0.2, 0.25) is 0 Å². The molecular formula is C13H10BrNO. The van der Waals surface area contributed by atoms with Crippen LogP contribution in [-0.4, -0.2) is 0 Å². The van der Waals surface area contributed by atoms with Gasteiger partial charge in [0.1, 0.15) is 17.6 Å². The zero-order chi connectivity index (χ0) is 12.0. The first-order chi connectivity index (χ1) is 7.67. The highest BCUT2D eigenvalue weighted by Gasteiger charge is 2.04. The van der Waals surface area contributed by atoms with E-state index in [2.05, 4.69) is 35.2 Å². The van der Waals surface area contributed by atoms with Gasteiger partial charge in [-0.3, -0.25) is 0 Å². The fraction of sp³-hybridized carbons (Fsp3) is 0. The summed E-state index contributed by atoms with van der Waals surface area (Å²) in [4.78, 5) is 0. The first-order valence-electron chi connectivity index (χ1n) is 4.53. The number of nitriles is 1. The van der Waals surface area contributed by atoms with Gasteiger partial charge in [0, 0.05) is 4.47 Å². The third-order valence-corrected chi connectivity index (χ3v) is 2.22. The molecule has 16 heavy (non-hydrogen) atoms. The maximum Gasteiger partial charge on any atom is 0.146 e. The summed E-state index contributed by atoms with van der Waals surface area (Å²) in [5, 5.41) is 8.89. The Morgan fingerprint density at radius 3 is 2.88 bits per heavy atom. The molecule has 0 radical (unpaired) electrons. The lowest BCUT2D eigenvalue weighted by atomic mass is 10.2. The molecule has 2 nitrogen and oxygen atoms in total. The average Bonchev–Trinajstić information content (AvgIpc) is 2.27. The molecule has 0 atom stereocenters. The third-order valence-electron chi connectivity index (χ3n) is 1.72. The van der Waals surface area contributed by atoms with Crippen molar-refractivity contribution in [2.75, 3.05) is 0 Å². The summed E-state index contributed by atoms with van der Waals surface area (Å²) in [7, 11) is 0. The van der Waals surface area contributed by atoms with Gasteiger partial charge in [0.15, 0.2) is 0 Å². The topological polar surface area (TPSA) is 33.0 Å². The summed E-state index contributed by atoms with van der Waals surface area (Å²) in [6.45, 7) is 7.26. The van der Waals surface area contributed by atoms with Gasteiger partial charge in [-0.05, 0) is 24.3 Å². The molecule has 3 heteroatoms. The van der Waals surface area contributed by atoms with Crippen LogP contribution >= 0.6 is 15.9 Å². The molecule has 0 bridgehead atoms. The number of nitrogens with zero attached hydrogens (tertiary/aromatic N) is 1. The van der Waals surface area contributed by atoms with Crippen molar-refractivity contribution in [3.05, 3.63) is 65.4 Å². The van der Waals surface area contributed by atoms with Crippen LogP contribution in [0.2, 0.25) is 0 Å². The minimum atomic E-state index is 0.453. The minimum absolute atomic E-state index is 0.453. The summed E-state index contributed by atoms with van der Waals surface area (Å²) in [6.07, 6.45) is 5.02. The number of ether oxygens (including phenoxy) is 1. The van der Waals surface area contributed by atoms with E-state index in [-0.39, 0.29) is 0 Å². The van der Waals surface area contributed by atoms with Crippen LogP contribution in [0.3, 0.4) is 0 Å². The Kier molecular flexibility index (Phi) is 4.56.